The Bertz CT molecular complexity index is 3540. The van der Waals surface area contributed by atoms with Crippen LogP contribution in [0.5, 0.6) is 0 Å². The largest absolute Gasteiger partial charge is 0.309 e. The molecule has 0 N–H and O–H groups in total. The number of benzene rings is 11. The number of hydrogen-bond acceptors (Lipinski definition) is 0. The molecule has 0 amide bonds. The lowest BCUT2D eigenvalue weighted by Gasteiger charge is -2.34. The summed E-state index contributed by atoms with van der Waals surface area (Å²) >= 11 is 0. The van der Waals surface area contributed by atoms with Gasteiger partial charge in [-0.2, -0.15) is 0 Å². The first kappa shape index (κ1) is 40.2. The fraction of sp³-hybridized carbons (Fsp3) is 0.0154. The third-order valence-electron chi connectivity index (χ3n) is 13.9. The number of fused-ring (bicyclic) bond motifs is 4. The van der Waals surface area contributed by atoms with Gasteiger partial charge in [0.25, 0.3) is 0 Å². The van der Waals surface area contributed by atoms with Gasteiger partial charge in [0.1, 0.15) is 0 Å². The van der Waals surface area contributed by atoms with Crippen LogP contribution in [0.4, 0.5) is 0 Å². The van der Waals surface area contributed by atoms with Gasteiger partial charge in [-0.05, 0) is 101 Å². The Morgan fingerprint density at radius 2 is 0.746 bits per heavy atom. The molecule has 1 unspecified atom stereocenters. The lowest BCUT2D eigenvalue weighted by atomic mass is 9.81. The summed E-state index contributed by atoms with van der Waals surface area (Å²) in [6.07, 6.45) is 0. The Morgan fingerprint density at radius 3 is 1.34 bits per heavy atom. The van der Waals surface area contributed by atoms with E-state index in [4.69, 9.17) is 0 Å². The monoisotopic (exact) mass is 869 g/mol. The highest BCUT2D eigenvalue weighted by molar-refractivity contribution is 7.19. The summed E-state index contributed by atoms with van der Waals surface area (Å²) < 4.78 is 2.41. The normalized spacial score (nSPS) is 12.1. The first-order valence-electron chi connectivity index (χ1n) is 23.3. The molecule has 12 aromatic rings. The molecule has 1 heterocycles. The summed E-state index contributed by atoms with van der Waals surface area (Å²) in [7, 11) is -2.69. The average molecular weight is 870 g/mol. The summed E-state index contributed by atoms with van der Waals surface area (Å²) in [5.74, 6) is -0.00508. The smallest absolute Gasteiger partial charge is 0.179 e. The minimum atomic E-state index is -2.69. The van der Waals surface area contributed by atoms with E-state index < -0.39 is 8.07 Å². The molecule has 0 fully saturated rings. The fourth-order valence-electron chi connectivity index (χ4n) is 10.8. The molecule has 67 heavy (non-hydrogen) atoms. The third-order valence-corrected chi connectivity index (χ3v) is 18.7. The molecule has 2 heteroatoms. The Hall–Kier alpha value is -8.30. The molecule has 0 radical (unpaired) electrons. The van der Waals surface area contributed by atoms with Crippen molar-refractivity contribution in [1.29, 1.82) is 0 Å². The zero-order valence-electron chi connectivity index (χ0n) is 37.1. The third kappa shape index (κ3) is 7.11. The summed E-state index contributed by atoms with van der Waals surface area (Å²) in [6.45, 7) is 0. The Labute approximate surface area is 393 Å². The summed E-state index contributed by atoms with van der Waals surface area (Å²) in [5.41, 5.74) is 12.2. The molecule has 0 saturated heterocycles. The maximum atomic E-state index is 2.43. The van der Waals surface area contributed by atoms with Crippen LogP contribution in [0, 0.1) is 0 Å². The molecule has 0 bridgehead atoms. The molecule has 1 nitrogen and oxygen atoms in total. The Morgan fingerprint density at radius 1 is 0.299 bits per heavy atom. The van der Waals surface area contributed by atoms with E-state index in [1.165, 1.54) is 92.3 Å². The van der Waals surface area contributed by atoms with Gasteiger partial charge in [0.15, 0.2) is 8.07 Å². The van der Waals surface area contributed by atoms with Gasteiger partial charge in [-0.15, -0.1) is 0 Å². The summed E-state index contributed by atoms with van der Waals surface area (Å²) in [5, 5.41) is 10.5. The predicted octanol–water partition coefficient (Wildman–Crippen LogP) is 13.8. The van der Waals surface area contributed by atoms with Crippen molar-refractivity contribution in [2.45, 2.75) is 5.92 Å². The van der Waals surface area contributed by atoms with Crippen LogP contribution in [0.15, 0.2) is 279 Å². The fourth-order valence-corrected chi connectivity index (χ4v) is 15.5. The maximum absolute atomic E-state index is 2.69. The molecule has 0 saturated carbocycles. The van der Waals surface area contributed by atoms with Gasteiger partial charge in [-0.1, -0.05) is 249 Å². The quantitative estimate of drug-likeness (QED) is 0.0953. The summed E-state index contributed by atoms with van der Waals surface area (Å²) in [4.78, 5) is 0. The first-order chi connectivity index (χ1) is 33.2. The molecule has 12 rings (SSSR count). The Kier molecular flexibility index (Phi) is 10.4. The van der Waals surface area contributed by atoms with Crippen molar-refractivity contribution in [3.8, 4) is 27.9 Å². The highest BCUT2D eigenvalue weighted by Crippen LogP contribution is 2.40. The van der Waals surface area contributed by atoms with Crippen LogP contribution in [-0.4, -0.2) is 12.6 Å². The van der Waals surface area contributed by atoms with Gasteiger partial charge in [0, 0.05) is 22.4 Å². The second-order valence-corrected chi connectivity index (χ2v) is 21.4. The van der Waals surface area contributed by atoms with Crippen molar-refractivity contribution in [3.63, 3.8) is 0 Å². The van der Waals surface area contributed by atoms with Gasteiger partial charge in [-0.25, -0.2) is 0 Å². The van der Waals surface area contributed by atoms with E-state index in [9.17, 15) is 0 Å². The van der Waals surface area contributed by atoms with E-state index >= 15 is 0 Å². The molecule has 1 aromatic heterocycles. The van der Waals surface area contributed by atoms with Crippen LogP contribution in [0.2, 0.25) is 0 Å². The van der Waals surface area contributed by atoms with E-state index in [2.05, 4.69) is 284 Å². The second kappa shape index (κ2) is 17.2. The molecular formula is C65H47NSi. The molecule has 0 aliphatic rings. The number of para-hydroxylation sites is 1. The van der Waals surface area contributed by atoms with Gasteiger partial charge >= 0.3 is 0 Å². The van der Waals surface area contributed by atoms with E-state index in [0.717, 1.165) is 5.69 Å². The number of aromatic nitrogens is 1. The SMILES string of the molecule is c1ccc(-c2ccccc2C(c2ccc(-c3ccc(-n4c5ccccc5c5cc6ccccc6cc54)cc3)cc2)c2ccc([Si](c3ccccc3)(c3ccccc3)c3ccccc3)cc2)cc1. The minimum Gasteiger partial charge on any atom is -0.309 e. The molecule has 1 atom stereocenters. The molecule has 11 aromatic carbocycles. The van der Waals surface area contributed by atoms with Gasteiger partial charge in [0.05, 0.1) is 11.0 Å². The van der Waals surface area contributed by atoms with Crippen LogP contribution in [0.1, 0.15) is 22.6 Å². The van der Waals surface area contributed by atoms with Gasteiger partial charge in [-0.3, -0.25) is 0 Å². The summed E-state index contributed by atoms with van der Waals surface area (Å²) in [6, 6.07) is 104. The lowest BCUT2D eigenvalue weighted by molar-refractivity contribution is 0.981. The zero-order chi connectivity index (χ0) is 44.6. The van der Waals surface area contributed by atoms with Crippen LogP contribution < -0.4 is 20.7 Å². The van der Waals surface area contributed by atoms with Crippen molar-refractivity contribution >= 4 is 61.4 Å². The first-order valence-corrected chi connectivity index (χ1v) is 25.3. The Balaban J connectivity index is 0.955. The van der Waals surface area contributed by atoms with E-state index in [1.807, 2.05) is 0 Å². The van der Waals surface area contributed by atoms with Crippen LogP contribution in [-0.2, 0) is 0 Å². The highest BCUT2D eigenvalue weighted by Gasteiger charge is 2.41. The zero-order valence-corrected chi connectivity index (χ0v) is 38.1. The standard InChI is InChI=1S/C65H47NSi/c1-5-19-49(20-6-1)59-29-15-16-31-61(59)65(51-39-43-58(44-40-51)67(55-23-7-2-8-24-55,56-25-9-3-10-26-56)57-27-11-4-12-28-57)50-35-33-47(34-36-50)48-37-41-54(42-38-48)66-63-32-18-17-30-60(63)62-45-52-21-13-14-22-53(52)46-64(62)66/h1-46,65H. The molecule has 0 spiro atoms. The van der Waals surface area contributed by atoms with Gasteiger partial charge in [0.2, 0.25) is 0 Å². The minimum absolute atomic E-state index is 0.00508. The topological polar surface area (TPSA) is 4.93 Å². The number of rotatable bonds is 10. The van der Waals surface area contributed by atoms with Crippen molar-refractivity contribution < 1.29 is 0 Å². The molecule has 0 aliphatic carbocycles. The number of nitrogens with zero attached hydrogens (tertiary/aromatic N) is 1. The van der Waals surface area contributed by atoms with Crippen molar-refractivity contribution in [1.82, 2.24) is 4.57 Å². The predicted molar refractivity (Wildman–Crippen MR) is 287 cm³/mol. The van der Waals surface area contributed by atoms with E-state index in [0.29, 0.717) is 0 Å². The van der Waals surface area contributed by atoms with Crippen molar-refractivity contribution in [2.24, 2.45) is 0 Å². The number of hydrogen-bond donors (Lipinski definition) is 0. The van der Waals surface area contributed by atoms with Crippen molar-refractivity contribution in [3.05, 3.63) is 296 Å². The molecule has 0 aliphatic heterocycles. The second-order valence-electron chi connectivity index (χ2n) is 17.6. The average Bonchev–Trinajstić information content (AvgIpc) is 3.73. The van der Waals surface area contributed by atoms with E-state index in [-0.39, 0.29) is 5.92 Å². The van der Waals surface area contributed by atoms with Crippen LogP contribution in [0.3, 0.4) is 0 Å². The van der Waals surface area contributed by atoms with Gasteiger partial charge < -0.3 is 4.57 Å². The van der Waals surface area contributed by atoms with Crippen LogP contribution in [0.25, 0.3) is 60.5 Å². The molecular weight excluding hydrogens is 823 g/mol. The van der Waals surface area contributed by atoms with Crippen molar-refractivity contribution in [2.75, 3.05) is 0 Å². The molecule has 316 valence electrons. The lowest BCUT2D eigenvalue weighted by Crippen LogP contribution is -2.74. The van der Waals surface area contributed by atoms with E-state index in [1.54, 1.807) is 0 Å². The highest BCUT2D eigenvalue weighted by atomic mass is 28.3. The maximum Gasteiger partial charge on any atom is 0.179 e. The van der Waals surface area contributed by atoms with Crippen LogP contribution >= 0.6 is 0 Å².